The first-order chi connectivity index (χ1) is 21.0. The van der Waals surface area contributed by atoms with Crippen molar-refractivity contribution in [1.29, 1.82) is 0 Å². The van der Waals surface area contributed by atoms with Crippen molar-refractivity contribution in [2.45, 2.75) is 206 Å². The number of rotatable bonds is 2. The van der Waals surface area contributed by atoms with Crippen molar-refractivity contribution >= 4 is 11.9 Å². The van der Waals surface area contributed by atoms with Gasteiger partial charge in [-0.1, -0.05) is 174 Å². The smallest absolute Gasteiger partial charge is 0.330 e. The molecule has 0 heterocycles. The minimum absolute atomic E-state index is 0.176. The zero-order chi connectivity index (χ0) is 33.3. The second-order valence-corrected chi connectivity index (χ2v) is 13.2. The molecule has 3 aliphatic carbocycles. The zero-order valence-corrected chi connectivity index (χ0v) is 29.0. The summed E-state index contributed by atoms with van der Waals surface area (Å²) >= 11 is 0. The van der Waals surface area contributed by atoms with Crippen LogP contribution in [0.1, 0.15) is 200 Å². The van der Waals surface area contributed by atoms with Gasteiger partial charge in [-0.3, -0.25) is 0 Å². The standard InChI is InChI=1S/C10H20O2.2C10H20.2C4H6O2/c11-10(12)8-6-4-2-1-3-5-7-9-10;2*1-2-4-6-8-10-9-7-5-3-1;2*1-3(2)4(5)6/h11-12H,1-9H2;2*1-10H2;2*1H2,2H3,(H,5,6). The number of aliphatic hydroxyl groups is 2. The summed E-state index contributed by atoms with van der Waals surface area (Å²) in [4.78, 5) is 19.2. The van der Waals surface area contributed by atoms with Crippen LogP contribution >= 0.6 is 0 Å². The van der Waals surface area contributed by atoms with Gasteiger partial charge in [-0.25, -0.2) is 9.59 Å². The maximum Gasteiger partial charge on any atom is 0.330 e. The lowest BCUT2D eigenvalue weighted by molar-refractivity contribution is -0.172. The van der Waals surface area contributed by atoms with Gasteiger partial charge in [0.05, 0.1) is 0 Å². The summed E-state index contributed by atoms with van der Waals surface area (Å²) in [5.74, 6) is -3.23. The number of hydrogen-bond acceptors (Lipinski definition) is 4. The molecule has 260 valence electrons. The molecule has 6 nitrogen and oxygen atoms in total. The lowest BCUT2D eigenvalue weighted by atomic mass is 9.97. The highest BCUT2D eigenvalue weighted by atomic mass is 16.5. The molecule has 0 aromatic carbocycles. The highest BCUT2D eigenvalue weighted by molar-refractivity contribution is 5.85. The van der Waals surface area contributed by atoms with E-state index in [9.17, 15) is 19.8 Å². The Morgan fingerprint density at radius 1 is 0.386 bits per heavy atom. The maximum atomic E-state index is 9.60. The van der Waals surface area contributed by atoms with Crippen LogP contribution in [0.4, 0.5) is 0 Å². The van der Waals surface area contributed by atoms with E-state index >= 15 is 0 Å². The Morgan fingerprint density at radius 3 is 0.614 bits per heavy atom. The Bertz CT molecular complexity index is 553. The van der Waals surface area contributed by atoms with E-state index in [1.165, 1.54) is 162 Å². The fraction of sp³-hybridized carbons (Fsp3) is 0.842. The van der Waals surface area contributed by atoms with Crippen LogP contribution in [0, 0.1) is 0 Å². The predicted octanol–water partition coefficient (Wildman–Crippen LogP) is 11.3. The van der Waals surface area contributed by atoms with E-state index in [-0.39, 0.29) is 11.1 Å². The SMILES string of the molecule is C1CCCCCCCCC1.C1CCCCCCCCC1.C=C(C)C(=O)O.C=C(C)C(=O)O.OC1(O)CCCCCCCCC1. The highest BCUT2D eigenvalue weighted by Crippen LogP contribution is 2.22. The van der Waals surface area contributed by atoms with Crippen LogP contribution in [0.2, 0.25) is 0 Å². The molecule has 3 fully saturated rings. The van der Waals surface area contributed by atoms with Crippen LogP contribution in [0.25, 0.3) is 0 Å². The molecule has 4 N–H and O–H groups in total. The molecule has 0 atom stereocenters. The molecule has 0 bridgehead atoms. The normalized spacial score (nSPS) is 20.2. The molecule has 0 amide bonds. The van der Waals surface area contributed by atoms with Crippen molar-refractivity contribution in [2.75, 3.05) is 0 Å². The van der Waals surface area contributed by atoms with Crippen molar-refractivity contribution in [3.05, 3.63) is 24.3 Å². The quantitative estimate of drug-likeness (QED) is 0.179. The van der Waals surface area contributed by atoms with E-state index in [4.69, 9.17) is 10.2 Å². The van der Waals surface area contributed by atoms with E-state index in [2.05, 4.69) is 13.2 Å². The van der Waals surface area contributed by atoms with Crippen molar-refractivity contribution in [2.24, 2.45) is 0 Å². The van der Waals surface area contributed by atoms with E-state index in [1.807, 2.05) is 0 Å². The average Bonchev–Trinajstić information content (AvgIpc) is 2.99. The summed E-state index contributed by atoms with van der Waals surface area (Å²) in [6, 6.07) is 0. The van der Waals surface area contributed by atoms with Crippen molar-refractivity contribution < 1.29 is 30.0 Å². The Hall–Kier alpha value is -1.66. The van der Waals surface area contributed by atoms with Gasteiger partial charge in [-0.15, -0.1) is 0 Å². The first-order valence-corrected chi connectivity index (χ1v) is 18.2. The fourth-order valence-electron chi connectivity index (χ4n) is 5.36. The van der Waals surface area contributed by atoms with Gasteiger partial charge in [0, 0.05) is 24.0 Å². The molecule has 0 radical (unpaired) electrons. The lowest BCUT2D eigenvalue weighted by Crippen LogP contribution is -2.27. The second-order valence-electron chi connectivity index (χ2n) is 13.2. The van der Waals surface area contributed by atoms with Crippen LogP contribution < -0.4 is 0 Å². The van der Waals surface area contributed by atoms with Gasteiger partial charge in [0.1, 0.15) is 0 Å². The average molecular weight is 625 g/mol. The van der Waals surface area contributed by atoms with Gasteiger partial charge in [0.15, 0.2) is 5.79 Å². The largest absolute Gasteiger partial charge is 0.478 e. The minimum atomic E-state index is -1.36. The third kappa shape index (κ3) is 38.4. The summed E-state index contributed by atoms with van der Waals surface area (Å²) in [5.41, 5.74) is 0.352. The lowest BCUT2D eigenvalue weighted by Gasteiger charge is -2.22. The van der Waals surface area contributed by atoms with Crippen LogP contribution in [0.15, 0.2) is 24.3 Å². The van der Waals surface area contributed by atoms with Crippen LogP contribution in [0.3, 0.4) is 0 Å². The van der Waals surface area contributed by atoms with Crippen molar-refractivity contribution in [3.8, 4) is 0 Å². The molecule has 3 rings (SSSR count). The summed E-state index contributed by atoms with van der Waals surface area (Å²) in [6.07, 6.45) is 39.2. The van der Waals surface area contributed by atoms with E-state index < -0.39 is 17.7 Å². The molecule has 0 saturated heterocycles. The van der Waals surface area contributed by atoms with Gasteiger partial charge < -0.3 is 20.4 Å². The molecule has 3 saturated carbocycles. The maximum absolute atomic E-state index is 9.60. The van der Waals surface area contributed by atoms with E-state index in [0.29, 0.717) is 12.8 Å². The Balaban J connectivity index is 0. The molecule has 3 aliphatic rings. The molecule has 0 spiro atoms. The first kappa shape index (κ1) is 44.5. The Kier molecular flexibility index (Phi) is 33.1. The first-order valence-electron chi connectivity index (χ1n) is 18.2. The number of carboxylic acid groups (broad SMARTS) is 2. The van der Waals surface area contributed by atoms with Crippen molar-refractivity contribution in [3.63, 3.8) is 0 Å². The van der Waals surface area contributed by atoms with Crippen LogP contribution in [-0.2, 0) is 9.59 Å². The van der Waals surface area contributed by atoms with Gasteiger partial charge in [0.25, 0.3) is 0 Å². The molecule has 44 heavy (non-hydrogen) atoms. The Labute approximate surface area is 271 Å². The molecular formula is C38H72O6. The molecular weight excluding hydrogens is 552 g/mol. The number of hydrogen-bond donors (Lipinski definition) is 4. The van der Waals surface area contributed by atoms with E-state index in [0.717, 1.165) is 25.7 Å². The van der Waals surface area contributed by atoms with Gasteiger partial charge in [-0.05, 0) is 26.7 Å². The number of carbonyl (C=O) groups is 2. The summed E-state index contributed by atoms with van der Waals surface area (Å²) in [7, 11) is 0. The van der Waals surface area contributed by atoms with Gasteiger partial charge >= 0.3 is 11.9 Å². The van der Waals surface area contributed by atoms with E-state index in [1.54, 1.807) is 0 Å². The number of aliphatic carboxylic acids is 2. The highest BCUT2D eigenvalue weighted by Gasteiger charge is 2.21. The number of carboxylic acids is 2. The van der Waals surface area contributed by atoms with Gasteiger partial charge in [-0.2, -0.15) is 0 Å². The van der Waals surface area contributed by atoms with Crippen molar-refractivity contribution in [1.82, 2.24) is 0 Å². The molecule has 6 heteroatoms. The molecule has 0 aromatic heterocycles. The monoisotopic (exact) mass is 625 g/mol. The molecule has 0 aromatic rings. The third-order valence-corrected chi connectivity index (χ3v) is 8.38. The molecule has 0 aliphatic heterocycles. The minimum Gasteiger partial charge on any atom is -0.478 e. The summed E-state index contributed by atoms with van der Waals surface area (Å²) in [6.45, 7) is 9.20. The van der Waals surface area contributed by atoms with Gasteiger partial charge in [0.2, 0.25) is 0 Å². The summed E-state index contributed by atoms with van der Waals surface area (Å²) < 4.78 is 0. The molecule has 0 unspecified atom stereocenters. The topological polar surface area (TPSA) is 115 Å². The third-order valence-electron chi connectivity index (χ3n) is 8.38. The second kappa shape index (κ2) is 32.7. The zero-order valence-electron chi connectivity index (χ0n) is 29.0. The Morgan fingerprint density at radius 2 is 0.500 bits per heavy atom. The predicted molar refractivity (Wildman–Crippen MR) is 186 cm³/mol. The summed E-state index contributed by atoms with van der Waals surface area (Å²) in [5, 5.41) is 34.7. The fourth-order valence-corrected chi connectivity index (χ4v) is 5.36. The van der Waals surface area contributed by atoms with Crippen LogP contribution in [0.5, 0.6) is 0 Å². The van der Waals surface area contributed by atoms with Crippen LogP contribution in [-0.4, -0.2) is 38.2 Å².